The largest absolute Gasteiger partial charge is 0.393 e. The first-order valence-corrected chi connectivity index (χ1v) is 11.9. The molecule has 8 atom stereocenters. The predicted molar refractivity (Wildman–Crippen MR) is 121 cm³/mol. The third kappa shape index (κ3) is 3.00. The number of aliphatic hydroxyl groups is 2. The van der Waals surface area contributed by atoms with Crippen molar-refractivity contribution in [2.45, 2.75) is 76.5 Å². The van der Waals surface area contributed by atoms with Crippen molar-refractivity contribution in [2.24, 2.45) is 28.6 Å². The van der Waals surface area contributed by atoms with Crippen molar-refractivity contribution in [1.82, 2.24) is 5.32 Å². The van der Waals surface area contributed by atoms with Gasteiger partial charge in [0, 0.05) is 16.6 Å². The summed E-state index contributed by atoms with van der Waals surface area (Å²) in [6, 6.07) is 9.36. The van der Waals surface area contributed by atoms with Gasteiger partial charge in [0.1, 0.15) is 0 Å². The van der Waals surface area contributed by atoms with Crippen LogP contribution in [0.2, 0.25) is 0 Å². The zero-order valence-corrected chi connectivity index (χ0v) is 18.7. The normalized spacial score (nSPS) is 46.1. The van der Waals surface area contributed by atoms with E-state index in [0.29, 0.717) is 6.42 Å². The Balaban J connectivity index is 1.43. The Hall–Kier alpha value is -1.85. The topological polar surface area (TPSA) is 81.6 Å². The Morgan fingerprint density at radius 3 is 2.61 bits per heavy atom. The molecule has 5 heteroatoms. The van der Waals surface area contributed by atoms with Gasteiger partial charge in [-0.1, -0.05) is 38.1 Å². The molecule has 0 saturated heterocycles. The predicted octanol–water partition coefficient (Wildman–Crippen LogP) is 4.47. The number of urea groups is 1. The van der Waals surface area contributed by atoms with Crippen LogP contribution in [0, 0.1) is 28.6 Å². The standard InChI is InChI=1S/C26H36N2O3/c1-16-17-14-19(29)21-24(2)11-7-12-25(3,20(24)10-13-26(21,15-17)22(16)30)28-23(31)27-18-8-5-4-6-9-18/h4-6,8-9,17,19-22,29-30H,1,7,10-15H2,2-3H3,(H2,27,28,31)/t17-,19+,20?,21?,22-,24-,25-,26-/m1/s1. The van der Waals surface area contributed by atoms with E-state index in [4.69, 9.17) is 0 Å². The van der Waals surface area contributed by atoms with Crippen LogP contribution in [0.3, 0.4) is 0 Å². The van der Waals surface area contributed by atoms with Crippen molar-refractivity contribution in [3.8, 4) is 0 Å². The molecule has 5 rings (SSSR count). The van der Waals surface area contributed by atoms with E-state index in [-0.39, 0.29) is 40.2 Å². The molecular weight excluding hydrogens is 388 g/mol. The summed E-state index contributed by atoms with van der Waals surface area (Å²) in [5.74, 6) is 0.548. The fourth-order valence-corrected chi connectivity index (χ4v) is 8.57. The molecule has 0 radical (unpaired) electrons. The molecule has 1 aromatic rings. The second-order valence-electron chi connectivity index (χ2n) is 11.2. The minimum absolute atomic E-state index is 0.0443. The Morgan fingerprint density at radius 1 is 1.13 bits per heavy atom. The lowest BCUT2D eigenvalue weighted by atomic mass is 9.41. The van der Waals surface area contributed by atoms with E-state index in [1.807, 2.05) is 30.3 Å². The monoisotopic (exact) mass is 424 g/mol. The van der Waals surface area contributed by atoms with Crippen LogP contribution < -0.4 is 10.6 Å². The number of nitrogens with one attached hydrogen (secondary N) is 2. The molecule has 0 aliphatic heterocycles. The van der Waals surface area contributed by atoms with Crippen molar-refractivity contribution < 1.29 is 15.0 Å². The highest BCUT2D eigenvalue weighted by atomic mass is 16.3. The molecule has 0 heterocycles. The fourth-order valence-electron chi connectivity index (χ4n) is 8.57. The van der Waals surface area contributed by atoms with E-state index < -0.39 is 12.2 Å². The van der Waals surface area contributed by atoms with E-state index >= 15 is 0 Å². The van der Waals surface area contributed by atoms with E-state index in [1.165, 1.54) is 0 Å². The van der Waals surface area contributed by atoms with Crippen molar-refractivity contribution in [3.63, 3.8) is 0 Å². The first-order chi connectivity index (χ1) is 14.7. The molecule has 2 unspecified atom stereocenters. The van der Waals surface area contributed by atoms with Crippen LogP contribution in [-0.2, 0) is 0 Å². The number of hydrogen-bond acceptors (Lipinski definition) is 3. The molecule has 0 aromatic heterocycles. The van der Waals surface area contributed by atoms with Crippen LogP contribution in [-0.4, -0.2) is 34.0 Å². The van der Waals surface area contributed by atoms with E-state index in [0.717, 1.165) is 49.8 Å². The zero-order valence-electron chi connectivity index (χ0n) is 18.7. The first-order valence-electron chi connectivity index (χ1n) is 11.9. The molecule has 168 valence electrons. The van der Waals surface area contributed by atoms with Crippen molar-refractivity contribution in [2.75, 3.05) is 5.32 Å². The molecule has 4 saturated carbocycles. The zero-order chi connectivity index (χ0) is 22.0. The third-order valence-corrected chi connectivity index (χ3v) is 9.59. The molecule has 4 N–H and O–H groups in total. The number of carbonyl (C=O) groups excluding carboxylic acids is 1. The quantitative estimate of drug-likeness (QED) is 0.529. The van der Waals surface area contributed by atoms with Gasteiger partial charge in [-0.05, 0) is 86.3 Å². The Kier molecular flexibility index (Phi) is 4.80. The highest BCUT2D eigenvalue weighted by molar-refractivity contribution is 5.89. The maximum atomic E-state index is 12.9. The van der Waals surface area contributed by atoms with Gasteiger partial charge in [-0.2, -0.15) is 0 Å². The lowest BCUT2D eigenvalue weighted by Gasteiger charge is -2.65. The number of carbonyl (C=O) groups is 1. The van der Waals surface area contributed by atoms with Gasteiger partial charge in [0.25, 0.3) is 0 Å². The smallest absolute Gasteiger partial charge is 0.319 e. The van der Waals surface area contributed by atoms with E-state index in [2.05, 4.69) is 31.1 Å². The van der Waals surface area contributed by atoms with Crippen LogP contribution in [0.4, 0.5) is 10.5 Å². The summed E-state index contributed by atoms with van der Waals surface area (Å²) >= 11 is 0. The Bertz CT molecular complexity index is 888. The molecule has 1 spiro atoms. The number of amides is 2. The molecule has 4 aliphatic carbocycles. The summed E-state index contributed by atoms with van der Waals surface area (Å²) in [5.41, 5.74) is 0.995. The number of para-hydroxylation sites is 1. The molecule has 5 nitrogen and oxygen atoms in total. The van der Waals surface area contributed by atoms with Crippen molar-refractivity contribution in [1.29, 1.82) is 0 Å². The number of benzene rings is 1. The molecular formula is C26H36N2O3. The van der Waals surface area contributed by atoms with Gasteiger partial charge >= 0.3 is 6.03 Å². The van der Waals surface area contributed by atoms with Crippen LogP contribution in [0.15, 0.2) is 42.5 Å². The first kappa shape index (κ1) is 21.0. The molecule has 4 aliphatic rings. The third-order valence-electron chi connectivity index (χ3n) is 9.59. The number of anilines is 1. The summed E-state index contributed by atoms with van der Waals surface area (Å²) in [6.45, 7) is 8.70. The van der Waals surface area contributed by atoms with E-state index in [9.17, 15) is 15.0 Å². The lowest BCUT2D eigenvalue weighted by Crippen LogP contribution is -2.67. The van der Waals surface area contributed by atoms with Gasteiger partial charge in [-0.3, -0.25) is 0 Å². The number of hydrogen-bond donors (Lipinski definition) is 4. The maximum absolute atomic E-state index is 12.9. The lowest BCUT2D eigenvalue weighted by molar-refractivity contribution is -0.195. The van der Waals surface area contributed by atoms with Gasteiger partial charge in [0.15, 0.2) is 0 Å². The number of aliphatic hydroxyl groups excluding tert-OH is 2. The molecule has 2 bridgehead atoms. The molecule has 1 aromatic carbocycles. The average molecular weight is 425 g/mol. The fraction of sp³-hybridized carbons (Fsp3) is 0.654. The van der Waals surface area contributed by atoms with Crippen LogP contribution >= 0.6 is 0 Å². The summed E-state index contributed by atoms with van der Waals surface area (Å²) in [6.07, 6.45) is 5.56. The Labute approximate surface area is 185 Å². The van der Waals surface area contributed by atoms with Crippen LogP contribution in [0.25, 0.3) is 0 Å². The number of fused-ring (bicyclic) bond motifs is 3. The maximum Gasteiger partial charge on any atom is 0.319 e. The average Bonchev–Trinajstić information content (AvgIpc) is 2.89. The van der Waals surface area contributed by atoms with Gasteiger partial charge < -0.3 is 20.8 Å². The highest BCUT2D eigenvalue weighted by Gasteiger charge is 2.69. The minimum atomic E-state index is -0.514. The van der Waals surface area contributed by atoms with Crippen molar-refractivity contribution in [3.05, 3.63) is 42.5 Å². The summed E-state index contributed by atoms with van der Waals surface area (Å²) < 4.78 is 0. The van der Waals surface area contributed by atoms with Crippen LogP contribution in [0.5, 0.6) is 0 Å². The van der Waals surface area contributed by atoms with Gasteiger partial charge in [-0.25, -0.2) is 4.79 Å². The molecule has 31 heavy (non-hydrogen) atoms. The highest BCUT2D eigenvalue weighted by Crippen LogP contribution is 2.70. The molecule has 4 fully saturated rings. The second-order valence-corrected chi connectivity index (χ2v) is 11.2. The van der Waals surface area contributed by atoms with Gasteiger partial charge in [0.2, 0.25) is 0 Å². The van der Waals surface area contributed by atoms with Crippen molar-refractivity contribution >= 4 is 11.7 Å². The Morgan fingerprint density at radius 2 is 1.87 bits per heavy atom. The minimum Gasteiger partial charge on any atom is -0.393 e. The summed E-state index contributed by atoms with van der Waals surface area (Å²) in [4.78, 5) is 12.9. The number of rotatable bonds is 2. The summed E-state index contributed by atoms with van der Waals surface area (Å²) in [7, 11) is 0. The second kappa shape index (κ2) is 7.08. The SMILES string of the molecule is C=C1[C@@H]2C[C@H](O)C3[C@]4(C)CCC[C@@](C)(NC(=O)Nc5ccccc5)C4CC[C@]3(C2)[C@@H]1O. The van der Waals surface area contributed by atoms with Gasteiger partial charge in [-0.15, -0.1) is 0 Å². The van der Waals surface area contributed by atoms with E-state index in [1.54, 1.807) is 0 Å². The van der Waals surface area contributed by atoms with Crippen LogP contribution in [0.1, 0.15) is 58.8 Å². The molecule has 2 amide bonds. The van der Waals surface area contributed by atoms with Gasteiger partial charge in [0.05, 0.1) is 12.2 Å². The summed E-state index contributed by atoms with van der Waals surface area (Å²) in [5, 5.41) is 28.8.